The Morgan fingerprint density at radius 1 is 1.21 bits per heavy atom. The summed E-state index contributed by atoms with van der Waals surface area (Å²) in [5.74, 6) is 0.0544. The van der Waals surface area contributed by atoms with Crippen LogP contribution in [0.4, 0.5) is 5.69 Å². The number of nitrogens with one attached hydrogen (secondary N) is 1. The number of carbonyl (C=O) groups excluding carboxylic acids is 2. The molecule has 0 radical (unpaired) electrons. The van der Waals surface area contributed by atoms with E-state index in [0.29, 0.717) is 23.5 Å². The lowest BCUT2D eigenvalue weighted by molar-refractivity contribution is -0.134. The van der Waals surface area contributed by atoms with Crippen LogP contribution in [0.1, 0.15) is 37.8 Å². The van der Waals surface area contributed by atoms with Gasteiger partial charge in [-0.25, -0.2) is 8.42 Å². The standard InChI is InChI=1S/C28H37N3O6S/c1-18-5-10-24(11-6-18)38(35,36)30(4)16-26-19(2)15-31(20(3)17-32)27(33)14-22-13-23(9-12-25(22)37-26)29-28(34)21-7-8-21/h5-6,9-13,19-21,26,32H,7-8,14-17H2,1-4H3,(H,29,34)/t19-,20+,26-/m1/s1. The summed E-state index contributed by atoms with van der Waals surface area (Å²) in [6.45, 7) is 5.75. The molecule has 2 aromatic rings. The van der Waals surface area contributed by atoms with E-state index >= 15 is 0 Å². The predicted molar refractivity (Wildman–Crippen MR) is 144 cm³/mol. The highest BCUT2D eigenvalue weighted by Crippen LogP contribution is 2.33. The van der Waals surface area contributed by atoms with Crippen molar-refractivity contribution in [2.45, 2.75) is 57.1 Å². The average molecular weight is 544 g/mol. The van der Waals surface area contributed by atoms with E-state index < -0.39 is 22.2 Å². The molecule has 9 nitrogen and oxygen atoms in total. The Morgan fingerprint density at radius 3 is 2.53 bits per heavy atom. The van der Waals surface area contributed by atoms with Crippen LogP contribution in [0.2, 0.25) is 0 Å². The molecule has 1 aliphatic carbocycles. The quantitative estimate of drug-likeness (QED) is 0.529. The van der Waals surface area contributed by atoms with Crippen LogP contribution in [-0.4, -0.2) is 73.4 Å². The number of aryl methyl sites for hydroxylation is 1. The number of aliphatic hydroxyl groups excluding tert-OH is 1. The van der Waals surface area contributed by atoms with Crippen LogP contribution in [0.15, 0.2) is 47.4 Å². The van der Waals surface area contributed by atoms with E-state index in [9.17, 15) is 23.1 Å². The van der Waals surface area contributed by atoms with Gasteiger partial charge >= 0.3 is 0 Å². The second kappa shape index (κ2) is 11.4. The van der Waals surface area contributed by atoms with E-state index in [1.54, 1.807) is 54.3 Å². The third-order valence-corrected chi connectivity index (χ3v) is 9.14. The van der Waals surface area contributed by atoms with Gasteiger partial charge < -0.3 is 20.1 Å². The van der Waals surface area contributed by atoms with Crippen LogP contribution in [0, 0.1) is 18.8 Å². The first-order valence-corrected chi connectivity index (χ1v) is 14.5. The van der Waals surface area contributed by atoms with E-state index in [1.807, 2.05) is 13.8 Å². The SMILES string of the molecule is Cc1ccc(S(=O)(=O)N(C)C[C@H]2Oc3ccc(NC(=O)C4CC4)cc3CC(=O)N([C@@H](C)CO)C[C@H]2C)cc1. The first-order valence-electron chi connectivity index (χ1n) is 13.0. The summed E-state index contributed by atoms with van der Waals surface area (Å²) < 4.78 is 34.3. The van der Waals surface area contributed by atoms with E-state index in [0.717, 1.165) is 18.4 Å². The molecule has 3 atom stereocenters. The predicted octanol–water partition coefficient (Wildman–Crippen LogP) is 2.81. The molecule has 1 aliphatic heterocycles. The third kappa shape index (κ3) is 6.36. The summed E-state index contributed by atoms with van der Waals surface area (Å²) in [6.07, 6.45) is 1.21. The Hall–Kier alpha value is -2.95. The fourth-order valence-electron chi connectivity index (χ4n) is 4.56. The third-order valence-electron chi connectivity index (χ3n) is 7.30. The van der Waals surface area contributed by atoms with Crippen molar-refractivity contribution < 1.29 is 27.9 Å². The summed E-state index contributed by atoms with van der Waals surface area (Å²) >= 11 is 0. The maximum absolute atomic E-state index is 13.3. The summed E-state index contributed by atoms with van der Waals surface area (Å²) in [4.78, 5) is 27.5. The Morgan fingerprint density at radius 2 is 1.89 bits per heavy atom. The summed E-state index contributed by atoms with van der Waals surface area (Å²) in [7, 11) is -2.25. The normalized spacial score (nSPS) is 21.1. The summed E-state index contributed by atoms with van der Waals surface area (Å²) in [5, 5.41) is 12.7. The molecule has 0 spiro atoms. The maximum atomic E-state index is 13.3. The minimum atomic E-state index is -3.77. The van der Waals surface area contributed by atoms with Crippen LogP contribution in [0.3, 0.4) is 0 Å². The number of anilines is 1. The minimum Gasteiger partial charge on any atom is -0.488 e. The Kier molecular flexibility index (Phi) is 8.44. The molecule has 1 fully saturated rings. The van der Waals surface area contributed by atoms with Gasteiger partial charge in [-0.2, -0.15) is 4.31 Å². The smallest absolute Gasteiger partial charge is 0.242 e. The summed E-state index contributed by atoms with van der Waals surface area (Å²) in [6, 6.07) is 11.5. The molecule has 2 amide bonds. The second-order valence-electron chi connectivity index (χ2n) is 10.6. The number of sulfonamides is 1. The van der Waals surface area contributed by atoms with Crippen molar-refractivity contribution in [2.75, 3.05) is 32.1 Å². The van der Waals surface area contributed by atoms with Gasteiger partial charge in [0.2, 0.25) is 21.8 Å². The van der Waals surface area contributed by atoms with Crippen LogP contribution in [0.5, 0.6) is 5.75 Å². The van der Waals surface area contributed by atoms with Crippen molar-refractivity contribution in [3.8, 4) is 5.75 Å². The zero-order chi connectivity index (χ0) is 27.6. The molecule has 0 saturated heterocycles. The molecule has 1 saturated carbocycles. The number of aliphatic hydroxyl groups is 1. The van der Waals surface area contributed by atoms with Crippen molar-refractivity contribution in [1.82, 2.24) is 9.21 Å². The molecule has 4 rings (SSSR count). The number of fused-ring (bicyclic) bond motifs is 1. The van der Waals surface area contributed by atoms with Gasteiger partial charge in [-0.3, -0.25) is 9.59 Å². The van der Waals surface area contributed by atoms with Crippen molar-refractivity contribution in [2.24, 2.45) is 11.8 Å². The first kappa shape index (κ1) is 28.1. The van der Waals surface area contributed by atoms with E-state index in [-0.39, 0.29) is 48.1 Å². The number of benzene rings is 2. The van der Waals surface area contributed by atoms with Crippen molar-refractivity contribution in [3.63, 3.8) is 0 Å². The van der Waals surface area contributed by atoms with Crippen molar-refractivity contribution in [1.29, 1.82) is 0 Å². The number of amides is 2. The van der Waals surface area contributed by atoms with Crippen LogP contribution >= 0.6 is 0 Å². The molecule has 1 heterocycles. The highest BCUT2D eigenvalue weighted by molar-refractivity contribution is 7.89. The zero-order valence-electron chi connectivity index (χ0n) is 22.4. The minimum absolute atomic E-state index is 0.0315. The number of likely N-dealkylation sites (N-methyl/N-ethyl adjacent to an activating group) is 1. The lowest BCUT2D eigenvalue weighted by Crippen LogP contribution is -2.48. The van der Waals surface area contributed by atoms with Crippen molar-refractivity contribution in [3.05, 3.63) is 53.6 Å². The molecule has 38 heavy (non-hydrogen) atoms. The van der Waals surface area contributed by atoms with Gasteiger partial charge in [0.1, 0.15) is 11.9 Å². The fraction of sp³-hybridized carbons (Fsp3) is 0.500. The summed E-state index contributed by atoms with van der Waals surface area (Å²) in [5.41, 5.74) is 2.15. The monoisotopic (exact) mass is 543 g/mol. The van der Waals surface area contributed by atoms with E-state index in [1.165, 1.54) is 11.4 Å². The number of hydrogen-bond donors (Lipinski definition) is 2. The van der Waals surface area contributed by atoms with Gasteiger partial charge in [0.05, 0.1) is 30.5 Å². The lowest BCUT2D eigenvalue weighted by Gasteiger charge is -2.33. The topological polar surface area (TPSA) is 116 Å². The van der Waals surface area contributed by atoms with Crippen LogP contribution in [0.25, 0.3) is 0 Å². The van der Waals surface area contributed by atoms with Gasteiger partial charge in [0, 0.05) is 36.7 Å². The Balaban J connectivity index is 1.64. The Bertz CT molecular complexity index is 1280. The average Bonchev–Trinajstić information content (AvgIpc) is 3.72. The zero-order valence-corrected chi connectivity index (χ0v) is 23.2. The second-order valence-corrected chi connectivity index (χ2v) is 12.6. The van der Waals surface area contributed by atoms with Crippen molar-refractivity contribution >= 4 is 27.5 Å². The largest absolute Gasteiger partial charge is 0.488 e. The highest BCUT2D eigenvalue weighted by Gasteiger charge is 2.34. The molecule has 0 unspecified atom stereocenters. The molecule has 2 aliphatic rings. The van der Waals surface area contributed by atoms with Crippen LogP contribution in [-0.2, 0) is 26.0 Å². The molecule has 206 valence electrons. The molecule has 2 aromatic carbocycles. The van der Waals surface area contributed by atoms with E-state index in [2.05, 4.69) is 5.32 Å². The molecular formula is C28H37N3O6S. The van der Waals surface area contributed by atoms with Gasteiger partial charge in [-0.15, -0.1) is 0 Å². The van der Waals surface area contributed by atoms with Gasteiger partial charge in [-0.1, -0.05) is 24.6 Å². The number of nitrogens with zero attached hydrogens (tertiary/aromatic N) is 2. The lowest BCUT2D eigenvalue weighted by atomic mass is 10.0. The fourth-order valence-corrected chi connectivity index (χ4v) is 5.74. The van der Waals surface area contributed by atoms with Crippen LogP contribution < -0.4 is 10.1 Å². The molecule has 10 heteroatoms. The Labute approximate surface area is 224 Å². The van der Waals surface area contributed by atoms with Gasteiger partial charge in [0.15, 0.2) is 0 Å². The molecule has 2 N–H and O–H groups in total. The van der Waals surface area contributed by atoms with E-state index in [4.69, 9.17) is 4.74 Å². The number of hydrogen-bond acceptors (Lipinski definition) is 6. The van der Waals surface area contributed by atoms with Gasteiger partial charge in [0.25, 0.3) is 0 Å². The van der Waals surface area contributed by atoms with Gasteiger partial charge in [-0.05, 0) is 57.0 Å². The highest BCUT2D eigenvalue weighted by atomic mass is 32.2. The molecule has 0 aromatic heterocycles. The molecule has 0 bridgehead atoms. The maximum Gasteiger partial charge on any atom is 0.242 e. The number of ether oxygens (including phenoxy) is 1. The first-order chi connectivity index (χ1) is 18.0. The number of rotatable bonds is 8. The molecular weight excluding hydrogens is 506 g/mol. The number of carbonyl (C=O) groups is 2.